The van der Waals surface area contributed by atoms with Gasteiger partial charge in [0.25, 0.3) is 0 Å². The quantitative estimate of drug-likeness (QED) is 0.524. The Morgan fingerprint density at radius 2 is 1.74 bits per heavy atom. The van der Waals surface area contributed by atoms with Gasteiger partial charge in [-0.15, -0.1) is 0 Å². The number of hydrogen-bond donors (Lipinski definition) is 1. The van der Waals surface area contributed by atoms with Crippen LogP contribution in [0, 0.1) is 0 Å². The van der Waals surface area contributed by atoms with Gasteiger partial charge in [-0.05, 0) is 36.2 Å². The molecule has 0 aromatic heterocycles. The maximum Gasteiger partial charge on any atom is 0.322 e. The summed E-state index contributed by atoms with van der Waals surface area (Å²) in [6.07, 6.45) is 1.69. The van der Waals surface area contributed by atoms with Crippen molar-refractivity contribution in [2.75, 3.05) is 31.8 Å². The number of hydrogen-bond acceptors (Lipinski definition) is 5. The van der Waals surface area contributed by atoms with Crippen molar-refractivity contribution in [2.45, 2.75) is 13.0 Å². The lowest BCUT2D eigenvalue weighted by molar-refractivity contribution is 0.171. The zero-order valence-electron chi connectivity index (χ0n) is 15.4. The highest BCUT2D eigenvalue weighted by Gasteiger charge is 2.14. The molecule has 0 saturated heterocycles. The fourth-order valence-corrected chi connectivity index (χ4v) is 2.88. The van der Waals surface area contributed by atoms with Crippen molar-refractivity contribution in [1.82, 2.24) is 4.90 Å². The molecule has 0 radical (unpaired) electrons. The van der Waals surface area contributed by atoms with Gasteiger partial charge < -0.3 is 19.1 Å². The summed E-state index contributed by atoms with van der Waals surface area (Å²) in [4.78, 5) is 14.3. The first-order valence-electron chi connectivity index (χ1n) is 8.46. The molecule has 146 valence electrons. The summed E-state index contributed by atoms with van der Waals surface area (Å²) in [6.45, 7) is 1.45. The van der Waals surface area contributed by atoms with E-state index in [0.717, 1.165) is 17.5 Å². The molecule has 0 aliphatic heterocycles. The Morgan fingerprint density at radius 1 is 1.07 bits per heavy atom. The Labute approximate surface area is 160 Å². The van der Waals surface area contributed by atoms with Crippen LogP contribution in [0.4, 0.5) is 10.5 Å². The second-order valence-corrected chi connectivity index (χ2v) is 7.57. The molecule has 2 aromatic carbocycles. The number of nitrogens with zero attached hydrogens (tertiary/aromatic N) is 1. The van der Waals surface area contributed by atoms with Gasteiger partial charge in [0.05, 0.1) is 6.26 Å². The minimum Gasteiger partial charge on any atom is -0.385 e. The molecule has 2 amide bonds. The largest absolute Gasteiger partial charge is 0.385 e. The molecule has 0 heterocycles. The Hall–Kier alpha value is -2.58. The molecule has 1 N–H and O–H groups in total. The number of carbonyl (C=O) groups is 1. The first-order chi connectivity index (χ1) is 12.9. The van der Waals surface area contributed by atoms with E-state index in [0.29, 0.717) is 26.1 Å². The number of urea groups is 1. The van der Waals surface area contributed by atoms with Gasteiger partial charge in [-0.3, -0.25) is 0 Å². The van der Waals surface area contributed by atoms with E-state index in [1.165, 1.54) is 0 Å². The van der Waals surface area contributed by atoms with Crippen molar-refractivity contribution in [3.8, 4) is 5.75 Å². The fraction of sp³-hybridized carbons (Fsp3) is 0.316. The number of methoxy groups -OCH3 is 1. The normalized spacial score (nSPS) is 11.0. The minimum absolute atomic E-state index is 0.214. The van der Waals surface area contributed by atoms with Crippen LogP contribution >= 0.6 is 0 Å². The predicted molar refractivity (Wildman–Crippen MR) is 104 cm³/mol. The highest BCUT2D eigenvalue weighted by Crippen LogP contribution is 2.16. The molecule has 2 rings (SSSR count). The highest BCUT2D eigenvalue weighted by atomic mass is 32.2. The Bertz CT molecular complexity index is 823. The van der Waals surface area contributed by atoms with Crippen LogP contribution < -0.4 is 9.50 Å². The van der Waals surface area contributed by atoms with E-state index >= 15 is 0 Å². The van der Waals surface area contributed by atoms with E-state index in [-0.39, 0.29) is 11.8 Å². The lowest BCUT2D eigenvalue weighted by Crippen LogP contribution is -2.35. The Balaban J connectivity index is 2.05. The fourth-order valence-electron chi connectivity index (χ4n) is 2.42. The van der Waals surface area contributed by atoms with Crippen LogP contribution in [0.2, 0.25) is 0 Å². The Morgan fingerprint density at radius 3 is 2.33 bits per heavy atom. The summed E-state index contributed by atoms with van der Waals surface area (Å²) in [6, 6.07) is 15.6. The second kappa shape index (κ2) is 9.94. The van der Waals surface area contributed by atoms with Gasteiger partial charge in [0, 0.05) is 32.5 Å². The SMILES string of the molecule is COCCCN(Cc1ccc(OS(C)(=O)=O)cc1)C(=O)Nc1ccccc1. The van der Waals surface area contributed by atoms with Crippen molar-refractivity contribution >= 4 is 21.8 Å². The second-order valence-electron chi connectivity index (χ2n) is 6.00. The zero-order valence-corrected chi connectivity index (χ0v) is 16.2. The van der Waals surface area contributed by atoms with Crippen molar-refractivity contribution in [3.63, 3.8) is 0 Å². The molecule has 0 aliphatic rings. The van der Waals surface area contributed by atoms with Crippen molar-refractivity contribution in [1.29, 1.82) is 0 Å². The van der Waals surface area contributed by atoms with Crippen LogP contribution in [0.15, 0.2) is 54.6 Å². The maximum absolute atomic E-state index is 12.6. The van der Waals surface area contributed by atoms with Crippen LogP contribution in [0.5, 0.6) is 5.75 Å². The van der Waals surface area contributed by atoms with Gasteiger partial charge in [-0.1, -0.05) is 30.3 Å². The number of rotatable bonds is 9. The van der Waals surface area contributed by atoms with Crippen LogP contribution in [0.3, 0.4) is 0 Å². The molecule has 2 aromatic rings. The third-order valence-corrected chi connectivity index (χ3v) is 4.13. The maximum atomic E-state index is 12.6. The molecule has 27 heavy (non-hydrogen) atoms. The number of benzene rings is 2. The zero-order chi connectivity index (χ0) is 19.7. The average Bonchev–Trinajstić information content (AvgIpc) is 2.62. The molecule has 0 bridgehead atoms. The standard InChI is InChI=1S/C19H24N2O5S/c1-25-14-6-13-21(19(22)20-17-7-4-3-5-8-17)15-16-9-11-18(12-10-16)26-27(2,23)24/h3-5,7-12H,6,13-15H2,1-2H3,(H,20,22). The summed E-state index contributed by atoms with van der Waals surface area (Å²) in [5.74, 6) is 0.237. The summed E-state index contributed by atoms with van der Waals surface area (Å²) < 4.78 is 32.3. The van der Waals surface area contributed by atoms with E-state index in [4.69, 9.17) is 8.92 Å². The average molecular weight is 392 g/mol. The van der Waals surface area contributed by atoms with E-state index in [2.05, 4.69) is 5.32 Å². The number of carbonyl (C=O) groups excluding carboxylic acids is 1. The number of nitrogens with one attached hydrogen (secondary N) is 1. The van der Waals surface area contributed by atoms with E-state index in [9.17, 15) is 13.2 Å². The summed E-state index contributed by atoms with van der Waals surface area (Å²) in [5.41, 5.74) is 1.58. The van der Waals surface area contributed by atoms with Crippen LogP contribution in [0.25, 0.3) is 0 Å². The van der Waals surface area contributed by atoms with Crippen LogP contribution in [-0.4, -0.2) is 45.9 Å². The molecule has 0 saturated carbocycles. The third-order valence-electron chi connectivity index (χ3n) is 3.63. The molecule has 0 atom stereocenters. The van der Waals surface area contributed by atoms with Crippen molar-refractivity contribution in [3.05, 3.63) is 60.2 Å². The molecule has 0 unspecified atom stereocenters. The summed E-state index contributed by atoms with van der Waals surface area (Å²) in [5, 5.41) is 2.87. The van der Waals surface area contributed by atoms with Crippen LogP contribution in [-0.2, 0) is 21.4 Å². The third kappa shape index (κ3) is 7.67. The predicted octanol–water partition coefficient (Wildman–Crippen LogP) is 3.10. The molecule has 0 aliphatic carbocycles. The van der Waals surface area contributed by atoms with Crippen molar-refractivity contribution < 1.29 is 22.1 Å². The first-order valence-corrected chi connectivity index (χ1v) is 10.3. The smallest absolute Gasteiger partial charge is 0.322 e. The van der Waals surface area contributed by atoms with E-state index in [1.807, 2.05) is 30.3 Å². The summed E-state index contributed by atoms with van der Waals surface area (Å²) in [7, 11) is -1.94. The molecular weight excluding hydrogens is 368 g/mol. The number of amides is 2. The highest BCUT2D eigenvalue weighted by molar-refractivity contribution is 7.86. The van der Waals surface area contributed by atoms with Gasteiger partial charge >= 0.3 is 16.1 Å². The van der Waals surface area contributed by atoms with Gasteiger partial charge in [-0.25, -0.2) is 4.79 Å². The van der Waals surface area contributed by atoms with E-state index < -0.39 is 10.1 Å². The number of ether oxygens (including phenoxy) is 1. The van der Waals surface area contributed by atoms with Crippen molar-refractivity contribution in [2.24, 2.45) is 0 Å². The molecule has 8 heteroatoms. The minimum atomic E-state index is -3.56. The molecule has 7 nitrogen and oxygen atoms in total. The lowest BCUT2D eigenvalue weighted by atomic mass is 10.2. The molecular formula is C19H24N2O5S. The number of anilines is 1. The van der Waals surface area contributed by atoms with Gasteiger partial charge in [-0.2, -0.15) is 8.42 Å². The first kappa shape index (κ1) is 20.7. The Kier molecular flexibility index (Phi) is 7.63. The van der Waals surface area contributed by atoms with Gasteiger partial charge in [0.15, 0.2) is 0 Å². The lowest BCUT2D eigenvalue weighted by Gasteiger charge is -2.23. The van der Waals surface area contributed by atoms with Gasteiger partial charge in [0.1, 0.15) is 5.75 Å². The van der Waals surface area contributed by atoms with E-state index in [1.54, 1.807) is 36.3 Å². The monoisotopic (exact) mass is 392 g/mol. The van der Waals surface area contributed by atoms with Crippen LogP contribution in [0.1, 0.15) is 12.0 Å². The topological polar surface area (TPSA) is 84.9 Å². The molecule has 0 spiro atoms. The van der Waals surface area contributed by atoms with Gasteiger partial charge in [0.2, 0.25) is 0 Å². The number of para-hydroxylation sites is 1. The summed E-state index contributed by atoms with van der Waals surface area (Å²) >= 11 is 0. The molecule has 0 fully saturated rings.